The fourth-order valence-corrected chi connectivity index (χ4v) is 2.63. The van der Waals surface area contributed by atoms with Crippen molar-refractivity contribution in [2.45, 2.75) is 6.92 Å². The van der Waals surface area contributed by atoms with Crippen LogP contribution in [0.4, 0.5) is 0 Å². The van der Waals surface area contributed by atoms with Gasteiger partial charge in [-0.3, -0.25) is 4.79 Å². The fourth-order valence-electron chi connectivity index (χ4n) is 2.44. The molecule has 1 heterocycles. The van der Waals surface area contributed by atoms with Gasteiger partial charge >= 0.3 is 0 Å². The van der Waals surface area contributed by atoms with Gasteiger partial charge in [0.15, 0.2) is 5.69 Å². The molecule has 0 N–H and O–H groups in total. The number of amides is 1. The number of hydrogen-bond acceptors (Lipinski definition) is 4. The van der Waals surface area contributed by atoms with Crippen LogP contribution in [0.5, 0.6) is 5.75 Å². The third kappa shape index (κ3) is 4.06. The zero-order chi connectivity index (χ0) is 18.5. The zero-order valence-electron chi connectivity index (χ0n) is 14.6. The summed E-state index contributed by atoms with van der Waals surface area (Å²) in [4.78, 5) is 18.6. The van der Waals surface area contributed by atoms with Crippen molar-refractivity contribution in [1.29, 1.82) is 0 Å². The Morgan fingerprint density at radius 1 is 1.15 bits per heavy atom. The van der Waals surface area contributed by atoms with Crippen molar-refractivity contribution in [2.75, 3.05) is 20.2 Å². The minimum Gasteiger partial charge on any atom is -0.490 e. The van der Waals surface area contributed by atoms with Gasteiger partial charge in [0.25, 0.3) is 5.91 Å². The third-order valence-electron chi connectivity index (χ3n) is 3.89. The van der Waals surface area contributed by atoms with Crippen molar-refractivity contribution in [1.82, 2.24) is 9.88 Å². The Labute approximate surface area is 157 Å². The predicted molar refractivity (Wildman–Crippen MR) is 101 cm³/mol. The summed E-state index contributed by atoms with van der Waals surface area (Å²) in [5, 5.41) is 0.543. The number of aryl methyl sites for hydroxylation is 1. The van der Waals surface area contributed by atoms with E-state index in [1.807, 2.05) is 42.5 Å². The molecule has 0 aliphatic rings. The lowest BCUT2D eigenvalue weighted by molar-refractivity contribution is 0.0767. The fraction of sp³-hybridized carbons (Fsp3) is 0.200. The van der Waals surface area contributed by atoms with Gasteiger partial charge in [0, 0.05) is 12.6 Å². The van der Waals surface area contributed by atoms with E-state index < -0.39 is 0 Å². The molecule has 0 fully saturated rings. The van der Waals surface area contributed by atoms with E-state index in [0.29, 0.717) is 41.3 Å². The summed E-state index contributed by atoms with van der Waals surface area (Å²) < 4.78 is 11.3. The number of likely N-dealkylation sites (N-methyl/N-ethyl adjacent to an activating group) is 1. The number of carbonyl (C=O) groups is 1. The molecule has 0 spiro atoms. The number of carbonyl (C=O) groups excluding carboxylic acids is 1. The van der Waals surface area contributed by atoms with Crippen molar-refractivity contribution in [3.63, 3.8) is 0 Å². The number of nitrogens with zero attached hydrogens (tertiary/aromatic N) is 2. The minimum absolute atomic E-state index is 0.212. The van der Waals surface area contributed by atoms with E-state index in [1.54, 1.807) is 31.0 Å². The second-order valence-electron chi connectivity index (χ2n) is 5.80. The molecule has 0 bridgehead atoms. The highest BCUT2D eigenvalue weighted by Crippen LogP contribution is 2.24. The first kappa shape index (κ1) is 18.0. The molecular weight excluding hydrogens is 352 g/mol. The standard InChI is InChI=1S/C20H19ClN2O3/c1-14-18(22-19(26-14)15-8-4-3-5-9-15)20(24)23(2)12-13-25-17-11-7-6-10-16(17)21/h3-11H,12-13H2,1-2H3. The van der Waals surface area contributed by atoms with Crippen LogP contribution in [0.2, 0.25) is 5.02 Å². The van der Waals surface area contributed by atoms with Gasteiger partial charge in [0.05, 0.1) is 11.6 Å². The molecule has 26 heavy (non-hydrogen) atoms. The molecule has 1 aromatic heterocycles. The van der Waals surface area contributed by atoms with Crippen LogP contribution >= 0.6 is 11.6 Å². The van der Waals surface area contributed by atoms with Crippen LogP contribution < -0.4 is 4.74 Å². The molecule has 2 aromatic carbocycles. The van der Waals surface area contributed by atoms with E-state index in [4.69, 9.17) is 20.8 Å². The SMILES string of the molecule is Cc1oc(-c2ccccc2)nc1C(=O)N(C)CCOc1ccccc1Cl. The Bertz CT molecular complexity index is 893. The van der Waals surface area contributed by atoms with Crippen molar-refractivity contribution < 1.29 is 13.9 Å². The van der Waals surface area contributed by atoms with E-state index in [0.717, 1.165) is 5.56 Å². The first-order valence-electron chi connectivity index (χ1n) is 8.22. The van der Waals surface area contributed by atoms with Gasteiger partial charge in [-0.05, 0) is 31.2 Å². The number of aromatic nitrogens is 1. The molecule has 3 rings (SSSR count). The van der Waals surface area contributed by atoms with Gasteiger partial charge in [-0.25, -0.2) is 4.98 Å². The van der Waals surface area contributed by atoms with Gasteiger partial charge in [0.2, 0.25) is 5.89 Å². The van der Waals surface area contributed by atoms with Crippen LogP contribution in [0, 0.1) is 6.92 Å². The minimum atomic E-state index is -0.212. The van der Waals surface area contributed by atoms with Crippen LogP contribution in [0.15, 0.2) is 59.0 Å². The van der Waals surface area contributed by atoms with Crippen LogP contribution in [0.25, 0.3) is 11.5 Å². The second kappa shape index (κ2) is 8.06. The van der Waals surface area contributed by atoms with Crippen molar-refractivity contribution in [2.24, 2.45) is 0 Å². The van der Waals surface area contributed by atoms with Gasteiger partial charge in [-0.1, -0.05) is 41.9 Å². The zero-order valence-corrected chi connectivity index (χ0v) is 15.4. The molecule has 6 heteroatoms. The molecule has 0 saturated carbocycles. The highest BCUT2D eigenvalue weighted by atomic mass is 35.5. The molecule has 3 aromatic rings. The number of benzene rings is 2. The monoisotopic (exact) mass is 370 g/mol. The van der Waals surface area contributed by atoms with Gasteiger partial charge in [0.1, 0.15) is 18.1 Å². The Kier molecular flexibility index (Phi) is 5.58. The first-order valence-corrected chi connectivity index (χ1v) is 8.59. The van der Waals surface area contributed by atoms with Crippen LogP contribution in [0.1, 0.15) is 16.2 Å². The van der Waals surface area contributed by atoms with E-state index in [1.165, 1.54) is 0 Å². The topological polar surface area (TPSA) is 55.6 Å². The van der Waals surface area contributed by atoms with Gasteiger partial charge in [-0.2, -0.15) is 0 Å². The summed E-state index contributed by atoms with van der Waals surface area (Å²) in [7, 11) is 1.70. The molecule has 0 unspecified atom stereocenters. The third-order valence-corrected chi connectivity index (χ3v) is 4.20. The Morgan fingerprint density at radius 3 is 2.58 bits per heavy atom. The van der Waals surface area contributed by atoms with Crippen LogP contribution in [0.3, 0.4) is 0 Å². The molecule has 0 aliphatic carbocycles. The van der Waals surface area contributed by atoms with Crippen LogP contribution in [-0.2, 0) is 0 Å². The average Bonchev–Trinajstić information content (AvgIpc) is 3.05. The number of halogens is 1. The molecule has 5 nitrogen and oxygen atoms in total. The summed E-state index contributed by atoms with van der Waals surface area (Å²) in [5.41, 5.74) is 1.14. The number of para-hydroxylation sites is 1. The second-order valence-corrected chi connectivity index (χ2v) is 6.20. The Hall–Kier alpha value is -2.79. The lowest BCUT2D eigenvalue weighted by Crippen LogP contribution is -2.31. The number of rotatable bonds is 6. The maximum atomic E-state index is 12.6. The maximum absolute atomic E-state index is 12.6. The normalized spacial score (nSPS) is 10.6. The summed E-state index contributed by atoms with van der Waals surface area (Å²) in [5.74, 6) is 1.31. The highest BCUT2D eigenvalue weighted by Gasteiger charge is 2.21. The maximum Gasteiger partial charge on any atom is 0.275 e. The Balaban J connectivity index is 1.63. The average molecular weight is 371 g/mol. The van der Waals surface area contributed by atoms with Crippen molar-refractivity contribution in [3.05, 3.63) is 71.1 Å². The summed E-state index contributed by atoms with van der Waals surface area (Å²) in [6.45, 7) is 2.46. The van der Waals surface area contributed by atoms with Gasteiger partial charge < -0.3 is 14.1 Å². The van der Waals surface area contributed by atoms with Crippen molar-refractivity contribution in [3.8, 4) is 17.2 Å². The quantitative estimate of drug-likeness (QED) is 0.643. The number of ether oxygens (including phenoxy) is 1. The lowest BCUT2D eigenvalue weighted by Gasteiger charge is -2.16. The molecule has 0 atom stereocenters. The number of oxazole rings is 1. The first-order chi connectivity index (χ1) is 12.6. The van der Waals surface area contributed by atoms with Crippen molar-refractivity contribution >= 4 is 17.5 Å². The van der Waals surface area contributed by atoms with E-state index in [-0.39, 0.29) is 5.91 Å². The molecule has 134 valence electrons. The summed E-state index contributed by atoms with van der Waals surface area (Å²) in [6, 6.07) is 16.7. The summed E-state index contributed by atoms with van der Waals surface area (Å²) >= 11 is 6.05. The smallest absolute Gasteiger partial charge is 0.275 e. The van der Waals surface area contributed by atoms with E-state index in [2.05, 4.69) is 4.98 Å². The largest absolute Gasteiger partial charge is 0.490 e. The van der Waals surface area contributed by atoms with E-state index >= 15 is 0 Å². The lowest BCUT2D eigenvalue weighted by atomic mass is 10.2. The molecule has 0 saturated heterocycles. The molecular formula is C20H19ClN2O3. The number of hydrogen-bond donors (Lipinski definition) is 0. The molecule has 0 radical (unpaired) electrons. The molecule has 0 aliphatic heterocycles. The van der Waals surface area contributed by atoms with Gasteiger partial charge in [-0.15, -0.1) is 0 Å². The van der Waals surface area contributed by atoms with Crippen LogP contribution in [-0.4, -0.2) is 36.0 Å². The van der Waals surface area contributed by atoms with E-state index in [9.17, 15) is 4.79 Å². The highest BCUT2D eigenvalue weighted by molar-refractivity contribution is 6.32. The Morgan fingerprint density at radius 2 is 1.85 bits per heavy atom. The predicted octanol–water partition coefficient (Wildman–Crippen LogP) is 4.45. The summed E-state index contributed by atoms with van der Waals surface area (Å²) in [6.07, 6.45) is 0. The molecule has 1 amide bonds.